The number of aliphatic imine (C=N–C) groups is 1. The predicted octanol–water partition coefficient (Wildman–Crippen LogP) is 2.35. The van der Waals surface area contributed by atoms with Crippen LogP contribution in [0.25, 0.3) is 0 Å². The van der Waals surface area contributed by atoms with E-state index >= 15 is 0 Å². The molecule has 0 aliphatic carbocycles. The number of nitrogens with one attached hydrogen (secondary N) is 2. The molecule has 156 valence electrons. The summed E-state index contributed by atoms with van der Waals surface area (Å²) in [6.07, 6.45) is 1.83. The first-order valence-electron chi connectivity index (χ1n) is 9.70. The highest BCUT2D eigenvalue weighted by atomic mass is 127. The SMILES string of the molecule is CCNC(=O)c1cccc(CNC(=NC)N2CCN(c3ccccn3)CC2)c1.I. The van der Waals surface area contributed by atoms with Crippen molar-refractivity contribution in [1.29, 1.82) is 0 Å². The van der Waals surface area contributed by atoms with Crippen molar-refractivity contribution in [2.75, 3.05) is 44.7 Å². The van der Waals surface area contributed by atoms with Gasteiger partial charge in [0.15, 0.2) is 5.96 Å². The zero-order valence-corrected chi connectivity index (χ0v) is 19.3. The van der Waals surface area contributed by atoms with Gasteiger partial charge < -0.3 is 20.4 Å². The highest BCUT2D eigenvalue weighted by Gasteiger charge is 2.20. The minimum absolute atomic E-state index is 0. The maximum Gasteiger partial charge on any atom is 0.251 e. The van der Waals surface area contributed by atoms with E-state index in [4.69, 9.17) is 0 Å². The average molecular weight is 508 g/mol. The number of halogens is 1. The van der Waals surface area contributed by atoms with Crippen LogP contribution in [0.5, 0.6) is 0 Å². The van der Waals surface area contributed by atoms with E-state index < -0.39 is 0 Å². The summed E-state index contributed by atoms with van der Waals surface area (Å²) in [5, 5.41) is 6.25. The fraction of sp³-hybridized carbons (Fsp3) is 0.381. The van der Waals surface area contributed by atoms with Crippen molar-refractivity contribution < 1.29 is 4.79 Å². The van der Waals surface area contributed by atoms with Crippen LogP contribution in [-0.2, 0) is 6.54 Å². The van der Waals surface area contributed by atoms with Crippen molar-refractivity contribution in [3.05, 3.63) is 59.8 Å². The standard InChI is InChI=1S/C21H28N6O.HI/c1-3-23-20(28)18-8-6-7-17(15-18)16-25-21(22-2)27-13-11-26(12-14-27)19-9-4-5-10-24-19;/h4-10,15H,3,11-14,16H2,1-2H3,(H,22,25)(H,23,28);1H. The Morgan fingerprint density at radius 2 is 1.90 bits per heavy atom. The fourth-order valence-corrected chi connectivity index (χ4v) is 3.29. The van der Waals surface area contributed by atoms with E-state index in [-0.39, 0.29) is 29.9 Å². The van der Waals surface area contributed by atoms with E-state index in [1.54, 1.807) is 7.05 Å². The molecule has 0 radical (unpaired) electrons. The van der Waals surface area contributed by atoms with Crippen LogP contribution in [0, 0.1) is 0 Å². The number of amides is 1. The third kappa shape index (κ3) is 6.31. The molecule has 1 aromatic carbocycles. The van der Waals surface area contributed by atoms with Crippen molar-refractivity contribution in [3.8, 4) is 0 Å². The van der Waals surface area contributed by atoms with Crippen molar-refractivity contribution in [2.24, 2.45) is 4.99 Å². The third-order valence-electron chi connectivity index (χ3n) is 4.74. The Morgan fingerprint density at radius 3 is 2.55 bits per heavy atom. The molecule has 1 aromatic heterocycles. The summed E-state index contributed by atoms with van der Waals surface area (Å²) in [5.41, 5.74) is 1.73. The van der Waals surface area contributed by atoms with Crippen LogP contribution in [0.3, 0.4) is 0 Å². The van der Waals surface area contributed by atoms with Gasteiger partial charge in [0.2, 0.25) is 0 Å². The number of piperazine rings is 1. The van der Waals surface area contributed by atoms with Crippen LogP contribution < -0.4 is 15.5 Å². The lowest BCUT2D eigenvalue weighted by Gasteiger charge is -2.37. The van der Waals surface area contributed by atoms with Gasteiger partial charge in [-0.1, -0.05) is 18.2 Å². The molecule has 1 aliphatic heterocycles. The quantitative estimate of drug-likeness (QED) is 0.369. The lowest BCUT2D eigenvalue weighted by atomic mass is 10.1. The number of anilines is 1. The van der Waals surface area contributed by atoms with Crippen LogP contribution in [0.2, 0.25) is 0 Å². The molecular weight excluding hydrogens is 479 g/mol. The number of aromatic nitrogens is 1. The molecular formula is C21H29IN6O. The van der Waals surface area contributed by atoms with Gasteiger partial charge in [0, 0.05) is 58.1 Å². The van der Waals surface area contributed by atoms with Gasteiger partial charge in [-0.25, -0.2) is 4.98 Å². The summed E-state index contributed by atoms with van der Waals surface area (Å²) in [7, 11) is 1.80. The molecule has 1 saturated heterocycles. The number of pyridine rings is 1. The van der Waals surface area contributed by atoms with E-state index in [0.717, 1.165) is 43.5 Å². The molecule has 0 bridgehead atoms. The Hall–Kier alpha value is -2.36. The number of carbonyl (C=O) groups is 1. The van der Waals surface area contributed by atoms with E-state index in [1.165, 1.54) is 0 Å². The summed E-state index contributed by atoms with van der Waals surface area (Å²) in [4.78, 5) is 25.4. The predicted molar refractivity (Wildman–Crippen MR) is 128 cm³/mol. The molecule has 1 fully saturated rings. The molecule has 1 amide bonds. The van der Waals surface area contributed by atoms with Crippen LogP contribution >= 0.6 is 24.0 Å². The summed E-state index contributed by atoms with van der Waals surface area (Å²) in [5.74, 6) is 1.86. The van der Waals surface area contributed by atoms with Crippen molar-refractivity contribution in [1.82, 2.24) is 20.5 Å². The first-order chi connectivity index (χ1) is 13.7. The maximum atomic E-state index is 12.0. The Kier molecular flexibility index (Phi) is 9.17. The van der Waals surface area contributed by atoms with Crippen molar-refractivity contribution in [2.45, 2.75) is 13.5 Å². The molecule has 0 atom stereocenters. The highest BCUT2D eigenvalue weighted by Crippen LogP contribution is 2.13. The normalized spacial score (nSPS) is 14.2. The number of benzene rings is 1. The number of nitrogens with zero attached hydrogens (tertiary/aromatic N) is 4. The largest absolute Gasteiger partial charge is 0.353 e. The summed E-state index contributed by atoms with van der Waals surface area (Å²) >= 11 is 0. The van der Waals surface area contributed by atoms with Gasteiger partial charge in [-0.3, -0.25) is 9.79 Å². The fourth-order valence-electron chi connectivity index (χ4n) is 3.29. The molecule has 0 saturated carbocycles. The minimum Gasteiger partial charge on any atom is -0.353 e. The lowest BCUT2D eigenvalue weighted by Crippen LogP contribution is -2.52. The molecule has 0 spiro atoms. The Labute approximate surface area is 189 Å². The monoisotopic (exact) mass is 508 g/mol. The molecule has 29 heavy (non-hydrogen) atoms. The molecule has 2 aromatic rings. The third-order valence-corrected chi connectivity index (χ3v) is 4.74. The molecule has 8 heteroatoms. The molecule has 3 rings (SSSR count). The van der Waals surface area contributed by atoms with Crippen molar-refractivity contribution >= 4 is 41.7 Å². The number of hydrogen-bond acceptors (Lipinski definition) is 4. The number of carbonyl (C=O) groups excluding carboxylic acids is 1. The van der Waals surface area contributed by atoms with Gasteiger partial charge in [-0.15, -0.1) is 24.0 Å². The second kappa shape index (κ2) is 11.6. The van der Waals surface area contributed by atoms with Crippen LogP contribution in [0.15, 0.2) is 53.7 Å². The van der Waals surface area contributed by atoms with Gasteiger partial charge in [-0.2, -0.15) is 0 Å². The zero-order chi connectivity index (χ0) is 19.8. The topological polar surface area (TPSA) is 72.9 Å². The van der Waals surface area contributed by atoms with Gasteiger partial charge in [0.05, 0.1) is 0 Å². The second-order valence-corrected chi connectivity index (χ2v) is 6.62. The number of rotatable bonds is 5. The Bertz CT molecular complexity index is 806. The van der Waals surface area contributed by atoms with E-state index in [0.29, 0.717) is 18.7 Å². The molecule has 2 N–H and O–H groups in total. The van der Waals surface area contributed by atoms with Gasteiger partial charge >= 0.3 is 0 Å². The van der Waals surface area contributed by atoms with E-state index in [9.17, 15) is 4.79 Å². The Balaban J connectivity index is 0.00000300. The van der Waals surface area contributed by atoms with E-state index in [1.807, 2.05) is 55.6 Å². The molecule has 1 aliphatic rings. The Morgan fingerprint density at radius 1 is 1.10 bits per heavy atom. The zero-order valence-electron chi connectivity index (χ0n) is 17.0. The smallest absolute Gasteiger partial charge is 0.251 e. The maximum absolute atomic E-state index is 12.0. The average Bonchev–Trinajstić information content (AvgIpc) is 2.76. The molecule has 7 nitrogen and oxygen atoms in total. The van der Waals surface area contributed by atoms with E-state index in [2.05, 4.69) is 30.4 Å². The highest BCUT2D eigenvalue weighted by molar-refractivity contribution is 14.0. The van der Waals surface area contributed by atoms with Gasteiger partial charge in [0.25, 0.3) is 5.91 Å². The number of hydrogen-bond donors (Lipinski definition) is 2. The molecule has 0 unspecified atom stereocenters. The summed E-state index contributed by atoms with van der Waals surface area (Å²) in [6, 6.07) is 13.7. The minimum atomic E-state index is -0.0422. The second-order valence-electron chi connectivity index (χ2n) is 6.62. The summed E-state index contributed by atoms with van der Waals surface area (Å²) < 4.78 is 0. The summed E-state index contributed by atoms with van der Waals surface area (Å²) in [6.45, 7) is 6.75. The first kappa shape index (κ1) is 22.9. The van der Waals surface area contributed by atoms with Gasteiger partial charge in [0.1, 0.15) is 5.82 Å². The molecule has 2 heterocycles. The number of guanidine groups is 1. The van der Waals surface area contributed by atoms with Crippen molar-refractivity contribution in [3.63, 3.8) is 0 Å². The van der Waals surface area contributed by atoms with Crippen LogP contribution in [0.1, 0.15) is 22.8 Å². The van der Waals surface area contributed by atoms with Crippen LogP contribution in [-0.4, -0.2) is 61.5 Å². The van der Waals surface area contributed by atoms with Gasteiger partial charge in [-0.05, 0) is 36.8 Å². The van der Waals surface area contributed by atoms with Crippen LogP contribution in [0.4, 0.5) is 5.82 Å². The lowest BCUT2D eigenvalue weighted by molar-refractivity contribution is 0.0955. The first-order valence-corrected chi connectivity index (χ1v) is 9.70.